The third-order valence-corrected chi connectivity index (χ3v) is 17.9. The second kappa shape index (κ2) is 36.6. The van der Waals surface area contributed by atoms with E-state index < -0.39 is 156 Å². The van der Waals surface area contributed by atoms with Gasteiger partial charge in [-0.05, 0) is 94.1 Å². The predicted molar refractivity (Wildman–Crippen MR) is 356 cm³/mol. The Kier molecular flexibility index (Phi) is 30.6. The summed E-state index contributed by atoms with van der Waals surface area (Å²) in [6, 6.07) is 4.63. The number of hydrogen-bond donors (Lipinski definition) is 6. The van der Waals surface area contributed by atoms with E-state index in [1.807, 2.05) is 41.5 Å². The van der Waals surface area contributed by atoms with Gasteiger partial charge in [-0.25, -0.2) is 0 Å². The Bertz CT molecular complexity index is 2920. The Morgan fingerprint density at radius 1 is 0.489 bits per heavy atom. The molecule has 4 rings (SSSR count). The number of carbonyl (C=O) groups excluding carboxylic acids is 12. The van der Waals surface area contributed by atoms with E-state index in [1.54, 1.807) is 74.5 Å². The van der Waals surface area contributed by atoms with Crippen LogP contribution in [0.4, 0.5) is 0 Å². The molecule has 12 amide bonds. The molecule has 0 unspecified atom stereocenters. The number of piperidine rings is 1. The first-order valence-electron chi connectivity index (χ1n) is 33.2. The van der Waals surface area contributed by atoms with E-state index in [-0.39, 0.29) is 49.9 Å². The van der Waals surface area contributed by atoms with E-state index in [4.69, 9.17) is 0 Å². The van der Waals surface area contributed by atoms with Crippen molar-refractivity contribution in [2.75, 3.05) is 61.9 Å². The highest BCUT2D eigenvalue weighted by atomic mass is 16.3. The number of aliphatic hydroxyl groups excluding tert-OH is 1. The van der Waals surface area contributed by atoms with Crippen molar-refractivity contribution < 1.29 is 62.6 Å². The molecule has 2 aliphatic rings. The monoisotopic (exact) mass is 1310 g/mol. The highest BCUT2D eigenvalue weighted by Gasteiger charge is 2.44. The van der Waals surface area contributed by atoms with Gasteiger partial charge in [-0.3, -0.25) is 57.5 Å². The van der Waals surface area contributed by atoms with E-state index in [9.17, 15) is 48.3 Å². The molecule has 2 aliphatic heterocycles. The highest BCUT2D eigenvalue weighted by Crippen LogP contribution is 2.24. The number of nitrogens with zero attached hydrogens (tertiary/aromatic N) is 7. The van der Waals surface area contributed by atoms with Gasteiger partial charge in [0.25, 0.3) is 0 Å². The van der Waals surface area contributed by atoms with Crippen molar-refractivity contribution in [2.24, 2.45) is 23.7 Å². The number of nitrogens with one attached hydrogen (secondary N) is 5. The van der Waals surface area contributed by atoms with Crippen LogP contribution in [0.15, 0.2) is 60.7 Å². The lowest BCUT2D eigenvalue weighted by Crippen LogP contribution is -2.62. The molecule has 0 aliphatic carbocycles. The summed E-state index contributed by atoms with van der Waals surface area (Å²) in [5.41, 5.74) is 1.34. The van der Waals surface area contributed by atoms with Crippen molar-refractivity contribution in [3.05, 3.63) is 71.8 Å². The van der Waals surface area contributed by atoms with Crippen LogP contribution in [0.25, 0.3) is 0 Å². The summed E-state index contributed by atoms with van der Waals surface area (Å²) in [6.45, 7) is 18.8. The molecule has 0 aromatic heterocycles. The number of amides is 12. The molecule has 12 atom stereocenters. The van der Waals surface area contributed by atoms with Gasteiger partial charge in [-0.15, -0.1) is 0 Å². The van der Waals surface area contributed by atoms with Crippen LogP contribution in [0.3, 0.4) is 0 Å². The van der Waals surface area contributed by atoms with Gasteiger partial charge in [0.2, 0.25) is 70.9 Å². The quantitative estimate of drug-likeness (QED) is 0.159. The maximum atomic E-state index is 15.4. The molecule has 2 saturated heterocycles. The molecule has 6 N–H and O–H groups in total. The normalized spacial score (nSPS) is 26.1. The van der Waals surface area contributed by atoms with Crippen molar-refractivity contribution in [1.82, 2.24) is 60.9 Å². The molecule has 0 radical (unpaired) electrons. The van der Waals surface area contributed by atoms with E-state index in [1.165, 1.54) is 92.5 Å². The average Bonchev–Trinajstić information content (AvgIpc) is 0.832. The Morgan fingerprint density at radius 3 is 1.46 bits per heavy atom. The van der Waals surface area contributed by atoms with E-state index in [2.05, 4.69) is 26.6 Å². The maximum absolute atomic E-state index is 15.4. The lowest BCUT2D eigenvalue weighted by Gasteiger charge is -2.40. The lowest BCUT2D eigenvalue weighted by molar-refractivity contribution is -0.154. The van der Waals surface area contributed by atoms with Crippen LogP contribution >= 0.6 is 0 Å². The van der Waals surface area contributed by atoms with Crippen molar-refractivity contribution in [2.45, 2.75) is 207 Å². The molecular formula is C69H108N12O13. The van der Waals surface area contributed by atoms with Gasteiger partial charge in [-0.2, -0.15) is 0 Å². The number of carbonyl (C=O) groups is 12. The van der Waals surface area contributed by atoms with Crippen LogP contribution in [-0.4, -0.2) is 239 Å². The second-order valence-electron chi connectivity index (χ2n) is 27.1. The summed E-state index contributed by atoms with van der Waals surface area (Å²) in [5, 5.41) is 24.6. The first-order chi connectivity index (χ1) is 44.1. The minimum atomic E-state index is -1.67. The fourth-order valence-corrected chi connectivity index (χ4v) is 12.1. The van der Waals surface area contributed by atoms with Crippen LogP contribution in [-0.2, 0) is 70.4 Å². The van der Waals surface area contributed by atoms with Gasteiger partial charge in [0.15, 0.2) is 0 Å². The lowest BCUT2D eigenvalue weighted by atomic mass is 9.94. The summed E-state index contributed by atoms with van der Waals surface area (Å²) < 4.78 is 0. The number of rotatable bonds is 14. The van der Waals surface area contributed by atoms with Gasteiger partial charge in [-0.1, -0.05) is 122 Å². The zero-order valence-corrected chi connectivity index (χ0v) is 58.6. The third-order valence-electron chi connectivity index (χ3n) is 17.9. The number of aliphatic hydroxyl groups is 1. The Balaban J connectivity index is 1.91. The fourth-order valence-electron chi connectivity index (χ4n) is 12.1. The van der Waals surface area contributed by atoms with Crippen molar-refractivity contribution in [3.63, 3.8) is 0 Å². The van der Waals surface area contributed by atoms with E-state index in [0.717, 1.165) is 11.3 Å². The Hall–Kier alpha value is -7.96. The van der Waals surface area contributed by atoms with E-state index >= 15 is 14.4 Å². The molecule has 522 valence electrons. The third kappa shape index (κ3) is 22.1. The summed E-state index contributed by atoms with van der Waals surface area (Å²) in [7, 11) is 8.44. The molecular weight excluding hydrogens is 1200 g/mol. The largest absolute Gasteiger partial charge is 0.391 e. The molecule has 2 fully saturated rings. The maximum Gasteiger partial charge on any atom is 0.248 e. The van der Waals surface area contributed by atoms with Gasteiger partial charge in [0, 0.05) is 68.2 Å². The summed E-state index contributed by atoms with van der Waals surface area (Å²) in [4.78, 5) is 185. The first kappa shape index (κ1) is 78.5. The minimum absolute atomic E-state index is 0.0251. The number of likely N-dealkylation sites (tertiary alicyclic amines) is 1. The van der Waals surface area contributed by atoms with Gasteiger partial charge >= 0.3 is 0 Å². The zero-order chi connectivity index (χ0) is 70.6. The molecule has 2 aromatic carbocycles. The summed E-state index contributed by atoms with van der Waals surface area (Å²) >= 11 is 0. The average molecular weight is 1310 g/mol. The minimum Gasteiger partial charge on any atom is -0.391 e. The molecule has 2 aromatic rings. The summed E-state index contributed by atoms with van der Waals surface area (Å²) in [6.07, 6.45) is 0.649. The van der Waals surface area contributed by atoms with E-state index in [0.29, 0.717) is 43.5 Å². The number of likely N-dealkylation sites (N-methyl/N-ethyl adjacent to an activating group) is 6. The smallest absolute Gasteiger partial charge is 0.248 e. The van der Waals surface area contributed by atoms with Crippen LogP contribution < -0.4 is 26.6 Å². The van der Waals surface area contributed by atoms with Gasteiger partial charge in [0.05, 0.1) is 19.1 Å². The topological polar surface area (TPSA) is 308 Å². The highest BCUT2D eigenvalue weighted by molar-refractivity contribution is 6.00. The zero-order valence-electron chi connectivity index (χ0n) is 58.6. The van der Waals surface area contributed by atoms with Crippen LogP contribution in [0.2, 0.25) is 0 Å². The van der Waals surface area contributed by atoms with Gasteiger partial charge < -0.3 is 66.0 Å². The predicted octanol–water partition coefficient (Wildman–Crippen LogP) is 2.51. The Labute approximate surface area is 556 Å². The fraction of sp³-hybridized carbons (Fsp3) is 0.652. The van der Waals surface area contributed by atoms with Gasteiger partial charge in [0.1, 0.15) is 60.4 Å². The van der Waals surface area contributed by atoms with Crippen LogP contribution in [0.5, 0.6) is 0 Å². The molecule has 0 bridgehead atoms. The molecule has 2 heterocycles. The van der Waals surface area contributed by atoms with Crippen molar-refractivity contribution >= 4 is 70.9 Å². The molecule has 25 heteroatoms. The standard InChI is InChI=1S/C69H108N12O13/c1-18-44(8)59-62(87)74-58(47(11)82)69(94)75(12)40-57(84)72-51(65(90)81-32-26-21-27-33-81)39-56(83)70-45(9)60(85)73-50(34-41(2)3)64(89)78(15)53(35-42(4)5)66(91)76(13)52(37-48-28-22-19-23-29-48)61(86)71-46(10)63(88)77(14)55(38-49-30-24-20-25-31-49)67(92)79(16)54(36-43(6)7)68(93)80(59)17/h19-20,22-25,28-31,41-47,50-55,58-59,82H,18,21,26-27,32-40H2,1-17H3,(H,70,83)(H,71,86)(H,72,84)(H,73,85)(H,74,87)/t44-,45+,46-,47+,50-,51-,52-,53-,54-,55-,58-,59-/m0/s1. The number of hydrogen-bond acceptors (Lipinski definition) is 13. The Morgan fingerprint density at radius 2 is 0.957 bits per heavy atom. The first-order valence-corrected chi connectivity index (χ1v) is 33.2. The molecule has 0 spiro atoms. The van der Waals surface area contributed by atoms with Crippen LogP contribution in [0, 0.1) is 23.7 Å². The summed E-state index contributed by atoms with van der Waals surface area (Å²) in [5.74, 6) is -9.86. The SMILES string of the molecule is CC[C@H](C)[C@H]1C(=O)N[C@@H]([C@@H](C)O)C(=O)N(C)CC(=O)N[C@H](C(=O)N2CCCCC2)CC(=O)N[C@H](C)C(=O)N[C@@H](CC(C)C)C(=O)N(C)[C@@H](CC(C)C)C(=O)N(C)[C@@H](Cc2ccccc2)C(=O)N[C@@H](C)C(=O)N(C)[C@@H](Cc2ccccc2)C(=O)N(C)[C@@H](CC(C)C)C(=O)N1C. The second-order valence-corrected chi connectivity index (χ2v) is 27.1. The van der Waals surface area contributed by atoms with Crippen molar-refractivity contribution in [3.8, 4) is 0 Å². The van der Waals surface area contributed by atoms with Crippen molar-refractivity contribution in [1.29, 1.82) is 0 Å². The number of benzene rings is 2. The molecule has 94 heavy (non-hydrogen) atoms. The van der Waals surface area contributed by atoms with Crippen LogP contribution in [0.1, 0.15) is 139 Å². The molecule has 0 saturated carbocycles. The molecule has 25 nitrogen and oxygen atoms in total.